The Labute approximate surface area is 203 Å². The van der Waals surface area contributed by atoms with Crippen molar-refractivity contribution >= 4 is 23.2 Å². The number of anilines is 2. The van der Waals surface area contributed by atoms with Crippen LogP contribution in [0.1, 0.15) is 58.1 Å². The lowest BCUT2D eigenvalue weighted by Gasteiger charge is -2.46. The van der Waals surface area contributed by atoms with Crippen molar-refractivity contribution in [2.75, 3.05) is 49.5 Å². The number of hydrogen-bond acceptors (Lipinski definition) is 5. The molecule has 1 amide bonds. The molecule has 2 N–H and O–H groups in total. The van der Waals surface area contributed by atoms with E-state index in [4.69, 9.17) is 0 Å². The second-order valence-corrected chi connectivity index (χ2v) is 11.0. The van der Waals surface area contributed by atoms with Crippen LogP contribution in [0.2, 0.25) is 0 Å². The molecule has 1 aliphatic heterocycles. The van der Waals surface area contributed by atoms with E-state index < -0.39 is 0 Å². The zero-order valence-corrected chi connectivity index (χ0v) is 20.9. The van der Waals surface area contributed by atoms with Crippen LogP contribution in [0.25, 0.3) is 0 Å². The van der Waals surface area contributed by atoms with Crippen LogP contribution in [0.3, 0.4) is 0 Å². The Morgan fingerprint density at radius 3 is 2.38 bits per heavy atom. The average Bonchev–Trinajstić information content (AvgIpc) is 2.82. The molecule has 34 heavy (non-hydrogen) atoms. The molecule has 6 heteroatoms. The Morgan fingerprint density at radius 1 is 1.06 bits per heavy atom. The molecule has 1 saturated heterocycles. The molecule has 0 radical (unpaired) electrons. The third-order valence-corrected chi connectivity index (χ3v) is 7.71. The molecule has 3 aliphatic rings. The standard InChI is InChI=1S/C28H37N3O3/c1-27(2)11-12-28(3,4)24-22(27)9-10-23(25(24)31-15-13-30(14-16-31)17-18-32)29-26(34)21-7-5-20(19-33)6-8-21/h5,7-10,32H,6,11-18H2,1-4H3,(H,29,34). The SMILES string of the molecule is CC1(C)CCC(C)(C)c2c1ccc(NC(=O)C1=CCC(=C=O)C=C1)c2N1CCN(CCO)CC1. The molecular weight excluding hydrogens is 426 g/mol. The van der Waals surface area contributed by atoms with Crippen LogP contribution < -0.4 is 10.2 Å². The van der Waals surface area contributed by atoms with E-state index in [9.17, 15) is 14.7 Å². The van der Waals surface area contributed by atoms with Gasteiger partial charge in [-0.3, -0.25) is 9.69 Å². The summed E-state index contributed by atoms with van der Waals surface area (Å²) < 4.78 is 0. The minimum absolute atomic E-state index is 0.00315. The number of piperazine rings is 1. The average molecular weight is 464 g/mol. The van der Waals surface area contributed by atoms with E-state index in [2.05, 4.69) is 54.9 Å². The number of carbonyl (C=O) groups excluding carboxylic acids is 2. The first-order valence-corrected chi connectivity index (χ1v) is 12.4. The lowest BCUT2D eigenvalue weighted by molar-refractivity contribution is -0.112. The summed E-state index contributed by atoms with van der Waals surface area (Å²) in [5.74, 6) is 1.75. The zero-order chi connectivity index (χ0) is 24.5. The van der Waals surface area contributed by atoms with E-state index in [-0.39, 0.29) is 23.3 Å². The quantitative estimate of drug-likeness (QED) is 0.651. The van der Waals surface area contributed by atoms with Crippen LogP contribution in [-0.4, -0.2) is 61.2 Å². The maximum atomic E-state index is 13.2. The molecule has 6 nitrogen and oxygen atoms in total. The molecule has 1 aromatic rings. The van der Waals surface area contributed by atoms with Gasteiger partial charge in [0.2, 0.25) is 0 Å². The lowest BCUT2D eigenvalue weighted by atomic mass is 9.62. The second-order valence-electron chi connectivity index (χ2n) is 11.0. The van der Waals surface area contributed by atoms with Gasteiger partial charge in [-0.2, -0.15) is 0 Å². The normalized spacial score (nSPS) is 21.5. The summed E-state index contributed by atoms with van der Waals surface area (Å²) in [5, 5.41) is 12.5. The zero-order valence-electron chi connectivity index (χ0n) is 20.9. The van der Waals surface area contributed by atoms with Crippen molar-refractivity contribution in [3.8, 4) is 0 Å². The number of hydrogen-bond donors (Lipinski definition) is 2. The van der Waals surface area contributed by atoms with Gasteiger partial charge in [0.15, 0.2) is 0 Å². The van der Waals surface area contributed by atoms with Crippen molar-refractivity contribution in [2.24, 2.45) is 0 Å². The number of rotatable bonds is 5. The van der Waals surface area contributed by atoms with Gasteiger partial charge in [-0.25, -0.2) is 4.79 Å². The molecule has 0 saturated carbocycles. The van der Waals surface area contributed by atoms with E-state index in [1.807, 2.05) is 5.94 Å². The summed E-state index contributed by atoms with van der Waals surface area (Å²) >= 11 is 0. The van der Waals surface area contributed by atoms with Crippen molar-refractivity contribution in [2.45, 2.75) is 57.8 Å². The Bertz CT molecular complexity index is 1070. The molecule has 0 unspecified atom stereocenters. The minimum Gasteiger partial charge on any atom is -0.395 e. The highest BCUT2D eigenvalue weighted by Crippen LogP contribution is 2.51. The van der Waals surface area contributed by atoms with Crippen LogP contribution in [-0.2, 0) is 20.4 Å². The number of nitrogens with one attached hydrogen (secondary N) is 1. The predicted molar refractivity (Wildman–Crippen MR) is 137 cm³/mol. The van der Waals surface area contributed by atoms with Gasteiger partial charge in [0.05, 0.1) is 18.0 Å². The number of fused-ring (bicyclic) bond motifs is 1. The van der Waals surface area contributed by atoms with Crippen LogP contribution in [0.15, 0.2) is 41.5 Å². The van der Waals surface area contributed by atoms with Gasteiger partial charge in [0.25, 0.3) is 5.91 Å². The van der Waals surface area contributed by atoms with Gasteiger partial charge in [-0.05, 0) is 53.0 Å². The number of benzene rings is 1. The first-order valence-electron chi connectivity index (χ1n) is 12.4. The Hall–Kier alpha value is -2.66. The molecule has 4 rings (SSSR count). The Kier molecular flexibility index (Phi) is 6.86. The summed E-state index contributed by atoms with van der Waals surface area (Å²) in [6.45, 7) is 13.6. The maximum Gasteiger partial charge on any atom is 0.255 e. The van der Waals surface area contributed by atoms with Crippen molar-refractivity contribution in [1.82, 2.24) is 4.90 Å². The molecule has 1 aromatic carbocycles. The fourth-order valence-corrected chi connectivity index (χ4v) is 5.48. The van der Waals surface area contributed by atoms with Crippen molar-refractivity contribution in [3.63, 3.8) is 0 Å². The summed E-state index contributed by atoms with van der Waals surface area (Å²) in [4.78, 5) is 28.8. The van der Waals surface area contributed by atoms with Crippen molar-refractivity contribution < 1.29 is 14.7 Å². The molecule has 1 fully saturated rings. The van der Waals surface area contributed by atoms with E-state index in [1.165, 1.54) is 11.1 Å². The summed E-state index contributed by atoms with van der Waals surface area (Å²) in [6.07, 6.45) is 7.80. The summed E-state index contributed by atoms with van der Waals surface area (Å²) in [5.41, 5.74) is 5.89. The number of β-amino-alcohol motifs (C(OH)–C–C–N with tert-alkyl or cyclic N) is 1. The first-order chi connectivity index (χ1) is 16.2. The molecule has 0 spiro atoms. The Balaban J connectivity index is 1.74. The first kappa shape index (κ1) is 24.5. The monoisotopic (exact) mass is 463 g/mol. The lowest BCUT2D eigenvalue weighted by Crippen LogP contribution is -2.48. The molecule has 1 heterocycles. The number of allylic oxidation sites excluding steroid dienone is 3. The number of amides is 1. The fraction of sp³-hybridized carbons (Fsp3) is 0.536. The van der Waals surface area contributed by atoms with E-state index in [0.29, 0.717) is 24.1 Å². The van der Waals surface area contributed by atoms with Crippen molar-refractivity contribution in [1.29, 1.82) is 0 Å². The highest BCUT2D eigenvalue weighted by Gasteiger charge is 2.41. The number of carbonyl (C=O) groups is 1. The Morgan fingerprint density at radius 2 is 1.76 bits per heavy atom. The van der Waals surface area contributed by atoms with Gasteiger partial charge < -0.3 is 15.3 Å². The fourth-order valence-electron chi connectivity index (χ4n) is 5.48. The predicted octanol–water partition coefficient (Wildman–Crippen LogP) is 3.73. The third-order valence-electron chi connectivity index (χ3n) is 7.71. The summed E-state index contributed by atoms with van der Waals surface area (Å²) in [6, 6.07) is 4.27. The molecular formula is C28H37N3O3. The highest BCUT2D eigenvalue weighted by atomic mass is 16.3. The van der Waals surface area contributed by atoms with Gasteiger partial charge in [0.1, 0.15) is 5.94 Å². The second kappa shape index (κ2) is 9.53. The van der Waals surface area contributed by atoms with Crippen LogP contribution in [0.5, 0.6) is 0 Å². The van der Waals surface area contributed by atoms with Gasteiger partial charge in [-0.15, -0.1) is 0 Å². The number of nitrogens with zero attached hydrogens (tertiary/aromatic N) is 2. The van der Waals surface area contributed by atoms with E-state index >= 15 is 0 Å². The largest absolute Gasteiger partial charge is 0.395 e. The van der Waals surface area contributed by atoms with Crippen molar-refractivity contribution in [3.05, 3.63) is 52.6 Å². The van der Waals surface area contributed by atoms with E-state index in [1.54, 1.807) is 18.2 Å². The van der Waals surface area contributed by atoms with E-state index in [0.717, 1.165) is 50.4 Å². The molecule has 0 aromatic heterocycles. The van der Waals surface area contributed by atoms with Gasteiger partial charge in [0, 0.05) is 50.3 Å². The summed E-state index contributed by atoms with van der Waals surface area (Å²) in [7, 11) is 0. The topological polar surface area (TPSA) is 72.9 Å². The maximum absolute atomic E-state index is 13.2. The van der Waals surface area contributed by atoms with Crippen LogP contribution >= 0.6 is 0 Å². The van der Waals surface area contributed by atoms with Gasteiger partial charge >= 0.3 is 0 Å². The van der Waals surface area contributed by atoms with Crippen LogP contribution in [0.4, 0.5) is 11.4 Å². The highest BCUT2D eigenvalue weighted by molar-refractivity contribution is 6.08. The molecule has 2 aliphatic carbocycles. The number of aliphatic hydroxyl groups is 1. The number of aliphatic hydroxyl groups excluding tert-OH is 1. The van der Waals surface area contributed by atoms with Gasteiger partial charge in [-0.1, -0.05) is 39.8 Å². The molecule has 182 valence electrons. The van der Waals surface area contributed by atoms with Crippen LogP contribution in [0, 0.1) is 0 Å². The smallest absolute Gasteiger partial charge is 0.255 e. The molecule has 0 bridgehead atoms. The minimum atomic E-state index is -0.158. The third kappa shape index (κ3) is 4.76. The molecule has 0 atom stereocenters.